The molecule has 1 aromatic rings. The molecule has 0 aromatic heterocycles. The number of ether oxygens (including phenoxy) is 1. The average molecular weight is 290 g/mol. The molecule has 1 rings (SSSR count). The van der Waals surface area contributed by atoms with Crippen molar-refractivity contribution in [3.63, 3.8) is 0 Å². The summed E-state index contributed by atoms with van der Waals surface area (Å²) in [4.78, 5) is 12.0. The van der Waals surface area contributed by atoms with Crippen LogP contribution in [0, 0.1) is 0 Å². The minimum Gasteiger partial charge on any atom is -0.463 e. The summed E-state index contributed by atoms with van der Waals surface area (Å²) < 4.78 is 5.06. The molecule has 0 amide bonds. The molecule has 21 heavy (non-hydrogen) atoms. The molecule has 3 heteroatoms. The molecular formula is C18H26O3. The van der Waals surface area contributed by atoms with E-state index in [0.29, 0.717) is 17.7 Å². The number of carbonyl (C=O) groups is 1. The second kappa shape index (κ2) is 10.2. The van der Waals surface area contributed by atoms with Crippen molar-refractivity contribution in [3.05, 3.63) is 47.5 Å². The van der Waals surface area contributed by atoms with Crippen molar-refractivity contribution in [1.82, 2.24) is 0 Å². The molecule has 0 heterocycles. The third kappa shape index (κ3) is 6.13. The number of aliphatic hydroxyl groups is 1. The summed E-state index contributed by atoms with van der Waals surface area (Å²) in [6.45, 7) is 4.25. The smallest absolute Gasteiger partial charge is 0.336 e. The molecule has 116 valence electrons. The van der Waals surface area contributed by atoms with Crippen molar-refractivity contribution in [3.8, 4) is 0 Å². The standard InChI is InChI=1S/C18H26O3/c1-3-5-6-7-11-14-16(18(20)21-4-2)17(19)15-12-9-8-10-13-15/h8-10,12-14,17,19H,3-7,11H2,1-2H3/b16-14-. The van der Waals surface area contributed by atoms with Gasteiger partial charge in [-0.1, -0.05) is 62.6 Å². The van der Waals surface area contributed by atoms with Crippen molar-refractivity contribution >= 4 is 5.97 Å². The van der Waals surface area contributed by atoms with Crippen LogP contribution in [0.25, 0.3) is 0 Å². The Morgan fingerprint density at radius 3 is 2.52 bits per heavy atom. The minimum atomic E-state index is -0.920. The molecule has 3 nitrogen and oxygen atoms in total. The van der Waals surface area contributed by atoms with E-state index in [1.54, 1.807) is 6.92 Å². The third-order valence-electron chi connectivity index (χ3n) is 3.34. The first-order chi connectivity index (χ1) is 10.2. The Labute approximate surface area is 127 Å². The maximum absolute atomic E-state index is 12.0. The van der Waals surface area contributed by atoms with Crippen molar-refractivity contribution in [2.75, 3.05) is 6.61 Å². The van der Waals surface area contributed by atoms with Crippen LogP contribution in [-0.4, -0.2) is 17.7 Å². The van der Waals surface area contributed by atoms with Gasteiger partial charge in [0.15, 0.2) is 0 Å². The molecule has 1 unspecified atom stereocenters. The lowest BCUT2D eigenvalue weighted by Crippen LogP contribution is -2.15. The monoisotopic (exact) mass is 290 g/mol. The fraction of sp³-hybridized carbons (Fsp3) is 0.500. The largest absolute Gasteiger partial charge is 0.463 e. The van der Waals surface area contributed by atoms with Crippen LogP contribution in [0.4, 0.5) is 0 Å². The number of hydrogen-bond acceptors (Lipinski definition) is 3. The van der Waals surface area contributed by atoms with Crippen molar-refractivity contribution in [1.29, 1.82) is 0 Å². The van der Waals surface area contributed by atoms with Crippen LogP contribution in [0.3, 0.4) is 0 Å². The summed E-state index contributed by atoms with van der Waals surface area (Å²) in [6, 6.07) is 9.21. The Hall–Kier alpha value is -1.61. The van der Waals surface area contributed by atoms with Crippen LogP contribution in [-0.2, 0) is 9.53 Å². The molecule has 0 bridgehead atoms. The lowest BCUT2D eigenvalue weighted by Gasteiger charge is -2.14. The fourth-order valence-corrected chi connectivity index (χ4v) is 2.16. The van der Waals surface area contributed by atoms with E-state index in [-0.39, 0.29) is 0 Å². The Bertz CT molecular complexity index is 437. The van der Waals surface area contributed by atoms with Crippen LogP contribution < -0.4 is 0 Å². The van der Waals surface area contributed by atoms with Gasteiger partial charge >= 0.3 is 5.97 Å². The van der Waals surface area contributed by atoms with Gasteiger partial charge in [0.2, 0.25) is 0 Å². The molecule has 0 saturated carbocycles. The number of esters is 1. The number of unbranched alkanes of at least 4 members (excludes halogenated alkanes) is 4. The molecule has 0 spiro atoms. The molecule has 1 aromatic carbocycles. The Morgan fingerprint density at radius 1 is 1.19 bits per heavy atom. The average Bonchev–Trinajstić information content (AvgIpc) is 2.51. The van der Waals surface area contributed by atoms with E-state index < -0.39 is 12.1 Å². The van der Waals surface area contributed by atoms with E-state index in [9.17, 15) is 9.90 Å². The van der Waals surface area contributed by atoms with E-state index in [4.69, 9.17) is 4.74 Å². The van der Waals surface area contributed by atoms with E-state index in [2.05, 4.69) is 6.92 Å². The summed E-state index contributed by atoms with van der Waals surface area (Å²) in [5, 5.41) is 10.4. The quantitative estimate of drug-likeness (QED) is 0.421. The van der Waals surface area contributed by atoms with Crippen molar-refractivity contribution < 1.29 is 14.6 Å². The predicted octanol–water partition coefficient (Wildman–Crippen LogP) is 4.18. The number of rotatable bonds is 9. The highest BCUT2D eigenvalue weighted by Gasteiger charge is 2.21. The molecule has 1 atom stereocenters. The molecule has 1 N–H and O–H groups in total. The van der Waals surface area contributed by atoms with Gasteiger partial charge in [0.05, 0.1) is 12.2 Å². The van der Waals surface area contributed by atoms with Crippen LogP contribution >= 0.6 is 0 Å². The summed E-state index contributed by atoms with van der Waals surface area (Å²) in [5.74, 6) is -0.427. The molecule has 0 saturated heterocycles. The van der Waals surface area contributed by atoms with Crippen LogP contribution in [0.1, 0.15) is 57.6 Å². The first-order valence-electron chi connectivity index (χ1n) is 7.80. The maximum atomic E-state index is 12.0. The van der Waals surface area contributed by atoms with Crippen molar-refractivity contribution in [2.24, 2.45) is 0 Å². The van der Waals surface area contributed by atoms with Crippen molar-refractivity contribution in [2.45, 2.75) is 52.1 Å². The Morgan fingerprint density at radius 2 is 1.90 bits per heavy atom. The zero-order chi connectivity index (χ0) is 15.5. The fourth-order valence-electron chi connectivity index (χ4n) is 2.16. The first-order valence-corrected chi connectivity index (χ1v) is 7.80. The van der Waals surface area contributed by atoms with Gasteiger partial charge < -0.3 is 9.84 Å². The van der Waals surface area contributed by atoms with E-state index in [1.807, 2.05) is 36.4 Å². The van der Waals surface area contributed by atoms with Gasteiger partial charge in [-0.05, 0) is 25.3 Å². The van der Waals surface area contributed by atoms with Gasteiger partial charge in [-0.2, -0.15) is 0 Å². The molecule has 0 aliphatic heterocycles. The van der Waals surface area contributed by atoms with Gasteiger partial charge in [-0.15, -0.1) is 0 Å². The third-order valence-corrected chi connectivity index (χ3v) is 3.34. The lowest BCUT2D eigenvalue weighted by atomic mass is 10.00. The Kier molecular flexibility index (Phi) is 8.44. The second-order valence-corrected chi connectivity index (χ2v) is 5.04. The normalized spacial score (nSPS) is 13.0. The maximum Gasteiger partial charge on any atom is 0.336 e. The second-order valence-electron chi connectivity index (χ2n) is 5.04. The van der Waals surface area contributed by atoms with Gasteiger partial charge in [-0.3, -0.25) is 0 Å². The Balaban J connectivity index is 2.76. The predicted molar refractivity (Wildman–Crippen MR) is 84.9 cm³/mol. The molecule has 0 aliphatic rings. The highest BCUT2D eigenvalue weighted by Crippen LogP contribution is 2.23. The zero-order valence-corrected chi connectivity index (χ0v) is 13.0. The summed E-state index contributed by atoms with van der Waals surface area (Å²) in [5.41, 5.74) is 1.06. The lowest BCUT2D eigenvalue weighted by molar-refractivity contribution is -0.139. The first kappa shape index (κ1) is 17.4. The highest BCUT2D eigenvalue weighted by molar-refractivity contribution is 5.89. The van der Waals surface area contributed by atoms with Crippen LogP contribution in [0.5, 0.6) is 0 Å². The van der Waals surface area contributed by atoms with E-state index >= 15 is 0 Å². The number of hydrogen-bond donors (Lipinski definition) is 1. The SMILES string of the molecule is CCCCCC/C=C(\C(=O)OCC)C(O)c1ccccc1. The van der Waals surface area contributed by atoms with E-state index in [0.717, 1.165) is 19.3 Å². The van der Waals surface area contributed by atoms with Crippen LogP contribution in [0.15, 0.2) is 42.0 Å². The zero-order valence-electron chi connectivity index (χ0n) is 13.0. The topological polar surface area (TPSA) is 46.5 Å². The summed E-state index contributed by atoms with van der Waals surface area (Å²) in [7, 11) is 0. The molecule has 0 radical (unpaired) electrons. The van der Waals surface area contributed by atoms with E-state index in [1.165, 1.54) is 12.8 Å². The molecular weight excluding hydrogens is 264 g/mol. The highest BCUT2D eigenvalue weighted by atomic mass is 16.5. The summed E-state index contributed by atoms with van der Waals surface area (Å²) in [6.07, 6.45) is 6.24. The summed E-state index contributed by atoms with van der Waals surface area (Å²) >= 11 is 0. The molecule has 0 fully saturated rings. The number of benzene rings is 1. The number of allylic oxidation sites excluding steroid dienone is 1. The molecule has 0 aliphatic carbocycles. The van der Waals surface area contributed by atoms with Gasteiger partial charge in [0, 0.05) is 0 Å². The van der Waals surface area contributed by atoms with Gasteiger partial charge in [0.25, 0.3) is 0 Å². The minimum absolute atomic E-state index is 0.313. The van der Waals surface area contributed by atoms with Gasteiger partial charge in [0.1, 0.15) is 6.10 Å². The number of aliphatic hydroxyl groups excluding tert-OH is 1. The number of carbonyl (C=O) groups excluding carboxylic acids is 1. The van der Waals surface area contributed by atoms with Crippen LogP contribution in [0.2, 0.25) is 0 Å². The van der Waals surface area contributed by atoms with Gasteiger partial charge in [-0.25, -0.2) is 4.79 Å².